The lowest BCUT2D eigenvalue weighted by atomic mass is 9.93. The number of hydrogen-bond acceptors (Lipinski definition) is 4. The summed E-state index contributed by atoms with van der Waals surface area (Å²) in [7, 11) is 0. The van der Waals surface area contributed by atoms with Crippen LogP contribution in [0, 0.1) is 0 Å². The molecule has 0 radical (unpaired) electrons. The Bertz CT molecular complexity index is 868. The molecule has 1 aliphatic rings. The standard InChI is InChI=1S/C19H15NO5/c21-17(22)9-10-25-13-7-5-12(6-8-13)11-16-14-3-1-2-4-15(14)18(23)20-19(16)24/h1-8,11H,9-10H2,(H,21,22)(H,20,23,24)/b16-11+. The summed E-state index contributed by atoms with van der Waals surface area (Å²) in [6.07, 6.45) is 1.62. The Morgan fingerprint density at radius 2 is 1.68 bits per heavy atom. The fraction of sp³-hybridized carbons (Fsp3) is 0.105. The van der Waals surface area contributed by atoms with E-state index in [1.165, 1.54) is 0 Å². The number of rotatable bonds is 5. The molecule has 2 amide bonds. The van der Waals surface area contributed by atoms with Crippen molar-refractivity contribution in [3.05, 3.63) is 65.2 Å². The van der Waals surface area contributed by atoms with Crippen molar-refractivity contribution in [2.45, 2.75) is 6.42 Å². The molecule has 0 atom stereocenters. The molecule has 6 nitrogen and oxygen atoms in total. The third kappa shape index (κ3) is 3.74. The Balaban J connectivity index is 1.83. The summed E-state index contributed by atoms with van der Waals surface area (Å²) in [5, 5.41) is 10.9. The summed E-state index contributed by atoms with van der Waals surface area (Å²) >= 11 is 0. The van der Waals surface area contributed by atoms with E-state index < -0.39 is 17.8 Å². The van der Waals surface area contributed by atoms with Crippen LogP contribution in [0.3, 0.4) is 0 Å². The van der Waals surface area contributed by atoms with Crippen LogP contribution in [-0.4, -0.2) is 29.5 Å². The number of carbonyl (C=O) groups excluding carboxylic acids is 2. The Morgan fingerprint density at radius 3 is 2.36 bits per heavy atom. The summed E-state index contributed by atoms with van der Waals surface area (Å²) < 4.78 is 5.33. The summed E-state index contributed by atoms with van der Waals surface area (Å²) in [4.78, 5) is 34.5. The average molecular weight is 337 g/mol. The molecule has 0 bridgehead atoms. The van der Waals surface area contributed by atoms with Crippen LogP contribution >= 0.6 is 0 Å². The van der Waals surface area contributed by atoms with Crippen molar-refractivity contribution in [3.8, 4) is 5.75 Å². The molecular weight excluding hydrogens is 322 g/mol. The van der Waals surface area contributed by atoms with Crippen LogP contribution in [0.4, 0.5) is 0 Å². The number of amides is 2. The van der Waals surface area contributed by atoms with Gasteiger partial charge in [-0.3, -0.25) is 19.7 Å². The first-order valence-corrected chi connectivity index (χ1v) is 7.66. The molecule has 0 saturated heterocycles. The summed E-state index contributed by atoms with van der Waals surface area (Å²) in [6, 6.07) is 13.8. The summed E-state index contributed by atoms with van der Waals surface area (Å²) in [6.45, 7) is 0.0909. The van der Waals surface area contributed by atoms with Gasteiger partial charge in [0.2, 0.25) is 0 Å². The predicted octanol–water partition coefficient (Wildman–Crippen LogP) is 2.35. The smallest absolute Gasteiger partial charge is 0.306 e. The maximum absolute atomic E-state index is 12.2. The zero-order chi connectivity index (χ0) is 17.8. The molecular formula is C19H15NO5. The van der Waals surface area contributed by atoms with E-state index in [-0.39, 0.29) is 13.0 Å². The minimum absolute atomic E-state index is 0.0726. The number of hydrogen-bond donors (Lipinski definition) is 2. The van der Waals surface area contributed by atoms with Crippen molar-refractivity contribution in [1.82, 2.24) is 5.32 Å². The molecule has 0 saturated carbocycles. The van der Waals surface area contributed by atoms with Crippen molar-refractivity contribution >= 4 is 29.4 Å². The largest absolute Gasteiger partial charge is 0.493 e. The monoisotopic (exact) mass is 337 g/mol. The number of fused-ring (bicyclic) bond motifs is 1. The van der Waals surface area contributed by atoms with Crippen LogP contribution in [0.5, 0.6) is 5.75 Å². The van der Waals surface area contributed by atoms with E-state index in [0.717, 1.165) is 5.56 Å². The third-order valence-corrected chi connectivity index (χ3v) is 3.71. The highest BCUT2D eigenvalue weighted by atomic mass is 16.5. The van der Waals surface area contributed by atoms with E-state index >= 15 is 0 Å². The third-order valence-electron chi connectivity index (χ3n) is 3.71. The van der Waals surface area contributed by atoms with Gasteiger partial charge in [-0.05, 0) is 35.4 Å². The Labute approximate surface area is 143 Å². The maximum Gasteiger partial charge on any atom is 0.306 e. The van der Waals surface area contributed by atoms with Gasteiger partial charge in [0.25, 0.3) is 11.8 Å². The minimum Gasteiger partial charge on any atom is -0.493 e. The van der Waals surface area contributed by atoms with Crippen LogP contribution in [0.15, 0.2) is 48.5 Å². The zero-order valence-electron chi connectivity index (χ0n) is 13.2. The molecule has 0 spiro atoms. The first-order chi connectivity index (χ1) is 12.0. The van der Waals surface area contributed by atoms with Crippen molar-refractivity contribution in [2.75, 3.05) is 6.61 Å². The second-order valence-corrected chi connectivity index (χ2v) is 5.45. The van der Waals surface area contributed by atoms with Crippen LogP contribution in [0.1, 0.15) is 27.9 Å². The van der Waals surface area contributed by atoms with Crippen molar-refractivity contribution < 1.29 is 24.2 Å². The van der Waals surface area contributed by atoms with E-state index in [0.29, 0.717) is 22.4 Å². The van der Waals surface area contributed by atoms with Crippen LogP contribution in [0.25, 0.3) is 11.6 Å². The minimum atomic E-state index is -0.919. The number of nitrogens with one attached hydrogen (secondary N) is 1. The predicted molar refractivity (Wildman–Crippen MR) is 91.0 cm³/mol. The summed E-state index contributed by atoms with van der Waals surface area (Å²) in [5.74, 6) is -1.21. The molecule has 2 aromatic rings. The van der Waals surface area contributed by atoms with Gasteiger partial charge < -0.3 is 9.84 Å². The Hall–Kier alpha value is -3.41. The second kappa shape index (κ2) is 7.00. The van der Waals surface area contributed by atoms with Gasteiger partial charge in [0.15, 0.2) is 0 Å². The molecule has 2 aromatic carbocycles. The topological polar surface area (TPSA) is 92.7 Å². The molecule has 0 aromatic heterocycles. The molecule has 1 aliphatic heterocycles. The molecule has 1 heterocycles. The van der Waals surface area contributed by atoms with E-state index in [2.05, 4.69) is 5.32 Å². The number of carbonyl (C=O) groups is 3. The first-order valence-electron chi connectivity index (χ1n) is 7.66. The number of ether oxygens (including phenoxy) is 1. The second-order valence-electron chi connectivity index (χ2n) is 5.45. The number of aliphatic carboxylic acids is 1. The van der Waals surface area contributed by atoms with Gasteiger partial charge >= 0.3 is 5.97 Å². The Morgan fingerprint density at radius 1 is 1.00 bits per heavy atom. The molecule has 2 N–H and O–H groups in total. The maximum atomic E-state index is 12.2. The molecule has 0 unspecified atom stereocenters. The van der Waals surface area contributed by atoms with Gasteiger partial charge in [-0.2, -0.15) is 0 Å². The van der Waals surface area contributed by atoms with Gasteiger partial charge in [-0.25, -0.2) is 0 Å². The lowest BCUT2D eigenvalue weighted by Crippen LogP contribution is -2.36. The van der Waals surface area contributed by atoms with E-state index in [1.807, 2.05) is 0 Å². The molecule has 3 rings (SSSR count). The average Bonchev–Trinajstić information content (AvgIpc) is 2.59. The summed E-state index contributed by atoms with van der Waals surface area (Å²) in [5.41, 5.74) is 2.23. The van der Waals surface area contributed by atoms with Gasteiger partial charge in [-0.15, -0.1) is 0 Å². The van der Waals surface area contributed by atoms with Crippen LogP contribution < -0.4 is 10.1 Å². The normalized spacial score (nSPS) is 14.8. The fourth-order valence-corrected chi connectivity index (χ4v) is 2.50. The molecule has 0 fully saturated rings. The van der Waals surface area contributed by atoms with Crippen molar-refractivity contribution in [2.24, 2.45) is 0 Å². The van der Waals surface area contributed by atoms with E-state index in [9.17, 15) is 14.4 Å². The molecule has 6 heteroatoms. The van der Waals surface area contributed by atoms with Crippen LogP contribution in [-0.2, 0) is 9.59 Å². The highest BCUT2D eigenvalue weighted by Crippen LogP contribution is 2.26. The van der Waals surface area contributed by atoms with E-state index in [1.54, 1.807) is 54.6 Å². The number of benzene rings is 2. The lowest BCUT2D eigenvalue weighted by Gasteiger charge is -2.18. The van der Waals surface area contributed by atoms with Gasteiger partial charge in [-0.1, -0.05) is 30.3 Å². The first kappa shape index (κ1) is 16.4. The highest BCUT2D eigenvalue weighted by Gasteiger charge is 2.26. The number of carboxylic acids is 1. The molecule has 0 aliphatic carbocycles. The SMILES string of the molecule is O=C(O)CCOc1ccc(/C=C2/C(=O)NC(=O)c3ccccc32)cc1. The van der Waals surface area contributed by atoms with Crippen molar-refractivity contribution in [3.63, 3.8) is 0 Å². The van der Waals surface area contributed by atoms with Gasteiger partial charge in [0.05, 0.1) is 13.0 Å². The number of carboxylic acid groups (broad SMARTS) is 1. The zero-order valence-corrected chi connectivity index (χ0v) is 13.2. The van der Waals surface area contributed by atoms with Crippen molar-refractivity contribution in [1.29, 1.82) is 0 Å². The van der Waals surface area contributed by atoms with E-state index in [4.69, 9.17) is 9.84 Å². The number of imide groups is 1. The lowest BCUT2D eigenvalue weighted by molar-refractivity contribution is -0.137. The van der Waals surface area contributed by atoms with Crippen LogP contribution in [0.2, 0.25) is 0 Å². The fourth-order valence-electron chi connectivity index (χ4n) is 2.50. The molecule has 25 heavy (non-hydrogen) atoms. The Kier molecular flexibility index (Phi) is 4.61. The molecule has 126 valence electrons. The van der Waals surface area contributed by atoms with Gasteiger partial charge in [0.1, 0.15) is 5.75 Å². The van der Waals surface area contributed by atoms with Gasteiger partial charge in [0, 0.05) is 11.1 Å². The quantitative estimate of drug-likeness (QED) is 0.645. The highest BCUT2D eigenvalue weighted by molar-refractivity contribution is 6.33.